The first-order valence-electron chi connectivity index (χ1n) is 24.3. The van der Waals surface area contributed by atoms with Gasteiger partial charge in [-0.3, -0.25) is 28.6 Å². The third kappa shape index (κ3) is 9.82. The predicted octanol–water partition coefficient (Wildman–Crippen LogP) is 7.96. The van der Waals surface area contributed by atoms with Crippen LogP contribution in [0.25, 0.3) is 6.08 Å². The van der Waals surface area contributed by atoms with Gasteiger partial charge < -0.3 is 18.6 Å². The van der Waals surface area contributed by atoms with Crippen LogP contribution in [0.3, 0.4) is 0 Å². The molecule has 2 saturated heterocycles. The van der Waals surface area contributed by atoms with Gasteiger partial charge in [0.05, 0.1) is 41.7 Å². The number of hydrogen-bond acceptors (Lipinski definition) is 9. The Morgan fingerprint density at radius 2 is 1.22 bits per heavy atom. The van der Waals surface area contributed by atoms with Gasteiger partial charge in [0.1, 0.15) is 45.4 Å². The molecule has 3 atom stereocenters. The SMILES string of the molecule is C[Si](C)(C)CCOCn1c(C(=O)N2C[C@@H]([C@H]3C=c4c(=O)n5c(n4N(C(=O)c4cc(Br)c(Br)n4COCC[Si](C)(C)C)C3)=NCc3ccccc3C5)CC3C(=O)N4Cc5ccccc5CN=C4N32)cc(Br)c1Br. The minimum absolute atomic E-state index is 0.121. The van der Waals surface area contributed by atoms with Crippen molar-refractivity contribution in [3.63, 3.8) is 0 Å². The Hall–Kier alpha value is -4.17. The molecule has 3 aromatic heterocycles. The average molecular weight is 1270 g/mol. The zero-order valence-electron chi connectivity index (χ0n) is 41.2. The van der Waals surface area contributed by atoms with E-state index in [9.17, 15) is 4.79 Å². The molecule has 0 bridgehead atoms. The van der Waals surface area contributed by atoms with Crippen LogP contribution in [0.4, 0.5) is 0 Å². The van der Waals surface area contributed by atoms with E-state index < -0.39 is 34.0 Å². The lowest BCUT2D eigenvalue weighted by atomic mass is 9.83. The van der Waals surface area contributed by atoms with Crippen LogP contribution in [0.5, 0.6) is 0 Å². The zero-order valence-corrected chi connectivity index (χ0v) is 49.6. The number of hydrazine groups is 1. The van der Waals surface area contributed by atoms with Gasteiger partial charge in [-0.05, 0) is 129 Å². The lowest BCUT2D eigenvalue weighted by Crippen LogP contribution is -2.62. The van der Waals surface area contributed by atoms with Crippen LogP contribution < -0.4 is 21.5 Å². The van der Waals surface area contributed by atoms with Gasteiger partial charge in [-0.1, -0.05) is 87.8 Å². The average Bonchev–Trinajstić information content (AvgIpc) is 3.86. The van der Waals surface area contributed by atoms with E-state index >= 15 is 14.4 Å². The van der Waals surface area contributed by atoms with Gasteiger partial charge >= 0.3 is 0 Å². The van der Waals surface area contributed by atoms with E-state index in [1.165, 1.54) is 0 Å². The topological polar surface area (TPSA) is 144 Å². The highest BCUT2D eigenvalue weighted by atomic mass is 79.9. The highest BCUT2D eigenvalue weighted by molar-refractivity contribution is 9.13. The van der Waals surface area contributed by atoms with E-state index in [0.717, 1.165) is 34.3 Å². The molecule has 2 fully saturated rings. The summed E-state index contributed by atoms with van der Waals surface area (Å²) in [5.41, 5.74) is 4.76. The number of guanidine groups is 1. The summed E-state index contributed by atoms with van der Waals surface area (Å²) in [7, 11) is -2.81. The Morgan fingerprint density at radius 3 is 1.79 bits per heavy atom. The number of halogens is 4. The molecule has 0 saturated carbocycles. The Labute approximate surface area is 453 Å². The molecule has 22 heteroatoms. The summed E-state index contributed by atoms with van der Waals surface area (Å²) >= 11 is 14.8. The number of amides is 3. The van der Waals surface area contributed by atoms with Gasteiger partial charge in [0.15, 0.2) is 0 Å². The molecule has 5 aliphatic rings. The molecule has 5 aliphatic heterocycles. The van der Waals surface area contributed by atoms with Crippen LogP contribution in [0.2, 0.25) is 51.4 Å². The van der Waals surface area contributed by atoms with Crippen LogP contribution in [-0.2, 0) is 53.9 Å². The Kier molecular flexibility index (Phi) is 14.4. The van der Waals surface area contributed by atoms with Crippen LogP contribution in [-0.4, -0.2) is 105 Å². The van der Waals surface area contributed by atoms with Crippen molar-refractivity contribution in [2.45, 2.75) is 103 Å². The number of hydrogen-bond donors (Lipinski definition) is 0. The largest absolute Gasteiger partial charge is 0.361 e. The third-order valence-electron chi connectivity index (χ3n) is 14.2. The molecule has 16 nitrogen and oxygen atoms in total. The molecule has 3 amide bonds. The van der Waals surface area contributed by atoms with E-state index in [4.69, 9.17) is 19.5 Å². The smallest absolute Gasteiger partial charge is 0.289 e. The molecule has 1 unspecified atom stereocenters. The van der Waals surface area contributed by atoms with Gasteiger partial charge in [0, 0.05) is 41.8 Å². The van der Waals surface area contributed by atoms with Crippen molar-refractivity contribution >= 4 is 110 Å². The fraction of sp³-hybridized carbons (Fsp3) is 0.440. The van der Waals surface area contributed by atoms with Crippen molar-refractivity contribution in [1.82, 2.24) is 33.3 Å². The molecule has 10 rings (SSSR count). The standard InChI is InChI=1S/C50H58Br4N10O6Si2/c1-71(2,3)17-15-69-29-59-39(21-37(51)43(59)53)47(67)61-27-35(19-41-45(65)57-25-33-13-9-7-11-31(33)23-55-49(57)63(41)61)36-20-42-46(66)58-26-34-14-10-8-12-32(34)24-56-50(58)64(42)62(28-36)48(68)40-22-38(52)44(54)60(40)30-70-16-18-72(4,5)6/h7-14,19,21-22,35-36,42H,15-18,20,23-30H2,1-6H3/t35-,36-,42?/m0/s1. The van der Waals surface area contributed by atoms with Gasteiger partial charge in [0.25, 0.3) is 23.3 Å². The van der Waals surface area contributed by atoms with Crippen molar-refractivity contribution in [3.8, 4) is 0 Å². The van der Waals surface area contributed by atoms with Crippen LogP contribution in [0.1, 0.15) is 49.7 Å². The molecular formula is C50H58Br4N10O6Si2. The summed E-state index contributed by atoms with van der Waals surface area (Å²) in [5.74, 6) is -1.36. The summed E-state index contributed by atoms with van der Waals surface area (Å²) in [5, 5.41) is 5.38. The van der Waals surface area contributed by atoms with Crippen molar-refractivity contribution < 1.29 is 23.9 Å². The molecule has 2 aromatic carbocycles. The highest BCUT2D eigenvalue weighted by Gasteiger charge is 2.54. The normalized spacial score (nSPS) is 19.6. The maximum absolute atomic E-state index is 15.6. The van der Waals surface area contributed by atoms with Crippen molar-refractivity contribution in [3.05, 3.63) is 134 Å². The van der Waals surface area contributed by atoms with Crippen LogP contribution in [0.15, 0.2) is 93.6 Å². The Balaban J connectivity index is 1.07. The van der Waals surface area contributed by atoms with Crippen LogP contribution in [0, 0.1) is 11.8 Å². The molecule has 0 radical (unpaired) electrons. The van der Waals surface area contributed by atoms with E-state index in [1.807, 2.05) is 59.2 Å². The Bertz CT molecular complexity index is 3230. The number of aromatic nitrogens is 4. The number of rotatable bonds is 13. The minimum atomic E-state index is -1.40. The minimum Gasteiger partial charge on any atom is -0.361 e. The quantitative estimate of drug-likeness (QED) is 0.0860. The summed E-state index contributed by atoms with van der Waals surface area (Å²) in [6, 6.07) is 20.6. The van der Waals surface area contributed by atoms with E-state index in [-0.39, 0.29) is 56.4 Å². The van der Waals surface area contributed by atoms with Crippen molar-refractivity contribution in [1.29, 1.82) is 0 Å². The molecule has 72 heavy (non-hydrogen) atoms. The lowest BCUT2D eigenvalue weighted by Gasteiger charge is -2.45. The molecule has 8 heterocycles. The van der Waals surface area contributed by atoms with E-state index in [0.29, 0.717) is 85.7 Å². The van der Waals surface area contributed by atoms with Crippen LogP contribution >= 0.6 is 63.7 Å². The first kappa shape index (κ1) is 51.3. The third-order valence-corrected chi connectivity index (χ3v) is 21.6. The molecular weight excluding hydrogens is 1210 g/mol. The highest BCUT2D eigenvalue weighted by Crippen LogP contribution is 2.39. The van der Waals surface area contributed by atoms with E-state index in [1.54, 1.807) is 45.9 Å². The summed E-state index contributed by atoms with van der Waals surface area (Å²) in [6.45, 7) is 16.6. The van der Waals surface area contributed by atoms with Gasteiger partial charge in [0.2, 0.25) is 11.6 Å². The van der Waals surface area contributed by atoms with Crippen molar-refractivity contribution in [2.75, 3.05) is 31.3 Å². The number of fused-ring (bicyclic) bond motifs is 8. The fourth-order valence-corrected chi connectivity index (χ4v) is 13.3. The molecule has 0 aliphatic carbocycles. The monoisotopic (exact) mass is 1270 g/mol. The van der Waals surface area contributed by atoms with Crippen molar-refractivity contribution in [2.24, 2.45) is 21.8 Å². The second-order valence-corrected chi connectivity index (χ2v) is 36.1. The fourth-order valence-electron chi connectivity index (χ4n) is 10.1. The number of ether oxygens (including phenoxy) is 2. The molecule has 0 N–H and O–H groups in total. The van der Waals surface area contributed by atoms with Gasteiger partial charge in [-0.25, -0.2) is 29.7 Å². The Morgan fingerprint density at radius 1 is 0.694 bits per heavy atom. The first-order chi connectivity index (χ1) is 34.3. The second kappa shape index (κ2) is 20.2. The maximum Gasteiger partial charge on any atom is 0.289 e. The number of aliphatic imine (C=N–C) groups is 1. The number of carbonyl (C=O) groups excluding carboxylic acids is 3. The lowest BCUT2D eigenvalue weighted by molar-refractivity contribution is -0.133. The van der Waals surface area contributed by atoms with Gasteiger partial charge in [-0.2, -0.15) is 0 Å². The molecule has 5 aromatic rings. The summed E-state index contributed by atoms with van der Waals surface area (Å²) < 4.78 is 22.1. The summed E-state index contributed by atoms with van der Waals surface area (Å²) in [6.07, 6.45) is 2.27. The second-order valence-electron chi connectivity index (χ2n) is 21.6. The maximum atomic E-state index is 15.6. The predicted molar refractivity (Wildman–Crippen MR) is 295 cm³/mol. The first-order valence-corrected chi connectivity index (χ1v) is 34.9. The number of imidazole rings is 1. The number of benzene rings is 2. The number of nitrogens with zero attached hydrogens (tertiary/aromatic N) is 10. The summed E-state index contributed by atoms with van der Waals surface area (Å²) in [4.78, 5) is 72.9. The molecule has 380 valence electrons. The zero-order chi connectivity index (χ0) is 51.0. The number of carbonyl (C=O) groups is 3. The molecule has 0 spiro atoms. The van der Waals surface area contributed by atoms with E-state index in [2.05, 4.69) is 103 Å². The van der Waals surface area contributed by atoms with Gasteiger partial charge in [-0.15, -0.1) is 0 Å².